The second kappa shape index (κ2) is 8.74. The molecule has 1 aliphatic rings. The molecule has 4 nitrogen and oxygen atoms in total. The minimum atomic E-state index is 0.0589. The van der Waals surface area contributed by atoms with E-state index in [9.17, 15) is 4.79 Å². The molecule has 3 aromatic rings. The van der Waals surface area contributed by atoms with Gasteiger partial charge < -0.3 is 5.32 Å². The Balaban J connectivity index is 1.28. The van der Waals surface area contributed by atoms with Crippen molar-refractivity contribution in [2.24, 2.45) is 0 Å². The lowest BCUT2D eigenvalue weighted by atomic mass is 10.0. The van der Waals surface area contributed by atoms with E-state index in [0.717, 1.165) is 58.6 Å². The molecule has 3 heterocycles. The summed E-state index contributed by atoms with van der Waals surface area (Å²) in [5.74, 6) is 0.0589. The fourth-order valence-electron chi connectivity index (χ4n) is 3.38. The highest BCUT2D eigenvalue weighted by molar-refractivity contribution is 7.14. The Morgan fingerprint density at radius 3 is 2.64 bits per heavy atom. The van der Waals surface area contributed by atoms with Crippen LogP contribution in [0.15, 0.2) is 41.8 Å². The maximum absolute atomic E-state index is 12.3. The van der Waals surface area contributed by atoms with Crippen molar-refractivity contribution in [3.63, 3.8) is 0 Å². The third-order valence-electron chi connectivity index (χ3n) is 4.92. The van der Waals surface area contributed by atoms with Gasteiger partial charge in [-0.3, -0.25) is 9.69 Å². The van der Waals surface area contributed by atoms with Crippen LogP contribution in [0.5, 0.6) is 0 Å². The number of rotatable bonds is 5. The number of hydrogen-bond acceptors (Lipinski definition) is 5. The Kier molecular flexibility index (Phi) is 6.11. The number of thiophene rings is 1. The van der Waals surface area contributed by atoms with Crippen LogP contribution in [0.2, 0.25) is 5.02 Å². The number of nitrogens with one attached hydrogen (secondary N) is 1. The smallest absolute Gasteiger partial charge is 0.261 e. The summed E-state index contributed by atoms with van der Waals surface area (Å²) < 4.78 is 0. The van der Waals surface area contributed by atoms with Gasteiger partial charge in [-0.25, -0.2) is 4.98 Å². The summed E-state index contributed by atoms with van der Waals surface area (Å²) in [6.07, 6.45) is 1.95. The lowest BCUT2D eigenvalue weighted by Crippen LogP contribution is -2.44. The zero-order valence-electron chi connectivity index (χ0n) is 15.7. The van der Waals surface area contributed by atoms with Crippen LogP contribution in [0.25, 0.3) is 10.6 Å². The number of carbonyl (C=O) groups excluding carboxylic acids is 1. The summed E-state index contributed by atoms with van der Waals surface area (Å²) in [7, 11) is 0. The largest absolute Gasteiger partial charge is 0.349 e. The second-order valence-electron chi connectivity index (χ2n) is 7.09. The van der Waals surface area contributed by atoms with Crippen LogP contribution in [0.1, 0.15) is 33.1 Å². The van der Waals surface area contributed by atoms with Crippen molar-refractivity contribution in [2.45, 2.75) is 32.4 Å². The standard InChI is InChI=1S/C21H22ClN3OS2/c1-14-2-7-19(28-14)20(26)23-17-8-10-25(11-9-17)12-18-13-27-21(24-18)15-3-5-16(22)6-4-15/h2-7,13,17H,8-12H2,1H3,(H,23,26). The molecule has 1 aliphatic heterocycles. The highest BCUT2D eigenvalue weighted by Gasteiger charge is 2.22. The van der Waals surface area contributed by atoms with Gasteiger partial charge in [0.2, 0.25) is 0 Å². The van der Waals surface area contributed by atoms with Gasteiger partial charge in [-0.05, 0) is 44.0 Å². The number of likely N-dealkylation sites (tertiary alicyclic amines) is 1. The fourth-order valence-corrected chi connectivity index (χ4v) is 5.10. The summed E-state index contributed by atoms with van der Waals surface area (Å²) in [6, 6.07) is 12.0. The van der Waals surface area contributed by atoms with Crippen LogP contribution in [0.3, 0.4) is 0 Å². The van der Waals surface area contributed by atoms with Crippen LogP contribution < -0.4 is 5.32 Å². The van der Waals surface area contributed by atoms with Crippen LogP contribution in [-0.2, 0) is 6.54 Å². The Labute approximate surface area is 178 Å². The molecular formula is C21H22ClN3OS2. The van der Waals surface area contributed by atoms with E-state index >= 15 is 0 Å². The van der Waals surface area contributed by atoms with E-state index in [1.807, 2.05) is 43.3 Å². The number of nitrogens with zero attached hydrogens (tertiary/aromatic N) is 2. The van der Waals surface area contributed by atoms with Gasteiger partial charge in [-0.2, -0.15) is 0 Å². The number of aromatic nitrogens is 1. The number of thiazole rings is 1. The average molecular weight is 432 g/mol. The average Bonchev–Trinajstić information content (AvgIpc) is 3.33. The van der Waals surface area contributed by atoms with Gasteiger partial charge >= 0.3 is 0 Å². The number of hydrogen-bond donors (Lipinski definition) is 1. The van der Waals surface area contributed by atoms with Crippen molar-refractivity contribution in [1.82, 2.24) is 15.2 Å². The minimum Gasteiger partial charge on any atom is -0.349 e. The molecule has 0 unspecified atom stereocenters. The summed E-state index contributed by atoms with van der Waals surface area (Å²) in [5.41, 5.74) is 2.21. The van der Waals surface area contributed by atoms with Gasteiger partial charge in [0, 0.05) is 46.5 Å². The second-order valence-corrected chi connectivity index (χ2v) is 9.67. The monoisotopic (exact) mass is 431 g/mol. The molecule has 0 spiro atoms. The minimum absolute atomic E-state index is 0.0589. The van der Waals surface area contributed by atoms with Crippen molar-refractivity contribution < 1.29 is 4.79 Å². The molecule has 2 aromatic heterocycles. The predicted molar refractivity (Wildman–Crippen MR) is 117 cm³/mol. The van der Waals surface area contributed by atoms with Crippen molar-refractivity contribution >= 4 is 40.2 Å². The van der Waals surface area contributed by atoms with E-state index in [-0.39, 0.29) is 11.9 Å². The van der Waals surface area contributed by atoms with E-state index < -0.39 is 0 Å². The molecular weight excluding hydrogens is 410 g/mol. The first-order valence-electron chi connectivity index (χ1n) is 9.37. The summed E-state index contributed by atoms with van der Waals surface area (Å²) >= 11 is 9.18. The highest BCUT2D eigenvalue weighted by atomic mass is 35.5. The van der Waals surface area contributed by atoms with Gasteiger partial charge in [0.1, 0.15) is 5.01 Å². The van der Waals surface area contributed by atoms with Gasteiger partial charge in [0.05, 0.1) is 10.6 Å². The lowest BCUT2D eigenvalue weighted by molar-refractivity contribution is 0.0912. The molecule has 1 fully saturated rings. The molecule has 4 rings (SSSR count). The normalized spacial score (nSPS) is 15.6. The molecule has 0 aliphatic carbocycles. The molecule has 1 saturated heterocycles. The van der Waals surface area contributed by atoms with Crippen molar-refractivity contribution in [2.75, 3.05) is 13.1 Å². The van der Waals surface area contributed by atoms with Crippen molar-refractivity contribution in [3.05, 3.63) is 62.2 Å². The number of piperidine rings is 1. The predicted octanol–water partition coefficient (Wildman–Crippen LogP) is 5.23. The zero-order valence-corrected chi connectivity index (χ0v) is 18.0. The topological polar surface area (TPSA) is 45.2 Å². The Bertz CT molecular complexity index is 943. The van der Waals surface area contributed by atoms with Gasteiger partial charge in [-0.15, -0.1) is 22.7 Å². The highest BCUT2D eigenvalue weighted by Crippen LogP contribution is 2.26. The first kappa shape index (κ1) is 19.6. The Hall–Kier alpha value is -1.73. The molecule has 7 heteroatoms. The molecule has 0 atom stereocenters. The quantitative estimate of drug-likeness (QED) is 0.601. The van der Waals surface area contributed by atoms with E-state index in [4.69, 9.17) is 16.6 Å². The Morgan fingerprint density at radius 1 is 1.21 bits per heavy atom. The van der Waals surface area contributed by atoms with Gasteiger partial charge in [-0.1, -0.05) is 23.7 Å². The molecule has 146 valence electrons. The van der Waals surface area contributed by atoms with Crippen LogP contribution in [0, 0.1) is 6.92 Å². The maximum Gasteiger partial charge on any atom is 0.261 e. The van der Waals surface area contributed by atoms with Gasteiger partial charge in [0.15, 0.2) is 0 Å². The molecule has 28 heavy (non-hydrogen) atoms. The number of halogens is 1. The fraction of sp³-hybridized carbons (Fsp3) is 0.333. The SMILES string of the molecule is Cc1ccc(C(=O)NC2CCN(Cc3csc(-c4ccc(Cl)cc4)n3)CC2)s1. The van der Waals surface area contributed by atoms with E-state index in [0.29, 0.717) is 0 Å². The molecule has 0 bridgehead atoms. The molecule has 1 aromatic carbocycles. The first-order valence-corrected chi connectivity index (χ1v) is 11.4. The third kappa shape index (κ3) is 4.81. The third-order valence-corrected chi connectivity index (χ3v) is 7.11. The van der Waals surface area contributed by atoms with Crippen LogP contribution in [-0.4, -0.2) is 34.9 Å². The van der Waals surface area contributed by atoms with Crippen molar-refractivity contribution in [3.8, 4) is 10.6 Å². The first-order chi connectivity index (χ1) is 13.6. The summed E-state index contributed by atoms with van der Waals surface area (Å²) in [4.78, 5) is 21.5. The zero-order chi connectivity index (χ0) is 19.5. The van der Waals surface area contributed by atoms with Crippen molar-refractivity contribution in [1.29, 1.82) is 0 Å². The van der Waals surface area contributed by atoms with E-state index in [2.05, 4.69) is 15.6 Å². The lowest BCUT2D eigenvalue weighted by Gasteiger charge is -2.31. The van der Waals surface area contributed by atoms with Crippen LogP contribution >= 0.6 is 34.3 Å². The maximum atomic E-state index is 12.3. The Morgan fingerprint density at radius 2 is 1.96 bits per heavy atom. The van der Waals surface area contributed by atoms with Gasteiger partial charge in [0.25, 0.3) is 5.91 Å². The number of benzene rings is 1. The van der Waals surface area contributed by atoms with E-state index in [1.54, 1.807) is 22.7 Å². The van der Waals surface area contributed by atoms with E-state index in [1.165, 1.54) is 4.88 Å². The molecule has 1 N–H and O–H groups in total. The number of amides is 1. The summed E-state index contributed by atoms with van der Waals surface area (Å²) in [6.45, 7) is 4.83. The molecule has 0 radical (unpaired) electrons. The molecule has 1 amide bonds. The number of carbonyl (C=O) groups is 1. The van der Waals surface area contributed by atoms with Crippen LogP contribution in [0.4, 0.5) is 0 Å². The number of aryl methyl sites for hydroxylation is 1. The molecule has 0 saturated carbocycles. The summed E-state index contributed by atoms with van der Waals surface area (Å²) in [5, 5.41) is 7.09.